The van der Waals surface area contributed by atoms with Crippen molar-refractivity contribution in [1.29, 1.82) is 0 Å². The van der Waals surface area contributed by atoms with Gasteiger partial charge in [0.05, 0.1) is 0 Å². The van der Waals surface area contributed by atoms with E-state index in [1.54, 1.807) is 0 Å². The lowest BCUT2D eigenvalue weighted by molar-refractivity contribution is -0.0250. The molecule has 0 spiro atoms. The van der Waals surface area contributed by atoms with Crippen molar-refractivity contribution in [1.82, 2.24) is 10.2 Å². The summed E-state index contributed by atoms with van der Waals surface area (Å²) in [6.45, 7) is 16.0. The molecule has 1 N–H and O–H groups in total. The van der Waals surface area contributed by atoms with E-state index in [4.69, 9.17) is 0 Å². The van der Waals surface area contributed by atoms with Crippen LogP contribution in [0.2, 0.25) is 0 Å². The second-order valence-corrected chi connectivity index (χ2v) is 8.63. The molecular weight excluding hydrogens is 232 g/mol. The smallest absolute Gasteiger partial charge is 0.0278 e. The highest BCUT2D eigenvalue weighted by Crippen LogP contribution is 2.64. The highest BCUT2D eigenvalue weighted by molar-refractivity contribution is 5.14. The van der Waals surface area contributed by atoms with E-state index in [1.165, 1.54) is 38.8 Å². The fourth-order valence-corrected chi connectivity index (χ4v) is 5.73. The molecule has 19 heavy (non-hydrogen) atoms. The van der Waals surface area contributed by atoms with Crippen LogP contribution in [0.1, 0.15) is 60.3 Å². The Balaban J connectivity index is 1.85. The molecule has 110 valence electrons. The Labute approximate surface area is 119 Å². The Hall–Kier alpha value is -0.0800. The molecule has 2 nitrogen and oxygen atoms in total. The number of fused-ring (bicyclic) bond motifs is 2. The van der Waals surface area contributed by atoms with Crippen molar-refractivity contribution in [2.75, 3.05) is 19.6 Å². The van der Waals surface area contributed by atoms with Crippen LogP contribution in [0.25, 0.3) is 0 Å². The minimum atomic E-state index is 0.326. The molecule has 3 aliphatic rings. The van der Waals surface area contributed by atoms with E-state index in [0.29, 0.717) is 16.4 Å². The fourth-order valence-electron chi connectivity index (χ4n) is 5.73. The molecule has 2 aliphatic carbocycles. The van der Waals surface area contributed by atoms with Crippen LogP contribution in [0.3, 0.4) is 0 Å². The summed E-state index contributed by atoms with van der Waals surface area (Å²) in [6, 6.07) is 0.798. The van der Waals surface area contributed by atoms with Crippen LogP contribution in [-0.4, -0.2) is 36.1 Å². The molecule has 0 radical (unpaired) electrons. The zero-order valence-electron chi connectivity index (χ0n) is 13.6. The topological polar surface area (TPSA) is 15.3 Å². The van der Waals surface area contributed by atoms with Gasteiger partial charge in [-0.1, -0.05) is 27.7 Å². The van der Waals surface area contributed by atoms with Gasteiger partial charge in [-0.25, -0.2) is 0 Å². The minimum absolute atomic E-state index is 0.326. The summed E-state index contributed by atoms with van der Waals surface area (Å²) in [5.74, 6) is 0.963. The van der Waals surface area contributed by atoms with Crippen molar-refractivity contribution >= 4 is 0 Å². The molecule has 3 fully saturated rings. The SMILES string of the molecule is CCC1(C)CN(C2C3(C)CCC(C3)C2(C)C)CCN1. The molecule has 2 bridgehead atoms. The molecule has 0 amide bonds. The first-order valence-electron chi connectivity index (χ1n) is 8.30. The average Bonchev–Trinajstić information content (AvgIpc) is 2.80. The van der Waals surface area contributed by atoms with E-state index in [-0.39, 0.29) is 0 Å². The Bertz CT molecular complexity index is 360. The highest BCUT2D eigenvalue weighted by atomic mass is 15.3. The molecule has 2 saturated carbocycles. The van der Waals surface area contributed by atoms with Gasteiger partial charge in [0.2, 0.25) is 0 Å². The van der Waals surface area contributed by atoms with Gasteiger partial charge in [-0.15, -0.1) is 0 Å². The van der Waals surface area contributed by atoms with Crippen molar-refractivity contribution in [3.05, 3.63) is 0 Å². The van der Waals surface area contributed by atoms with E-state index >= 15 is 0 Å². The van der Waals surface area contributed by atoms with Gasteiger partial charge in [-0.2, -0.15) is 0 Å². The maximum absolute atomic E-state index is 3.74. The molecule has 4 atom stereocenters. The lowest BCUT2D eigenvalue weighted by atomic mass is 9.67. The maximum atomic E-state index is 3.74. The van der Waals surface area contributed by atoms with E-state index < -0.39 is 0 Å². The Morgan fingerprint density at radius 2 is 1.95 bits per heavy atom. The Morgan fingerprint density at radius 1 is 1.21 bits per heavy atom. The number of nitrogens with zero attached hydrogens (tertiary/aromatic N) is 1. The van der Waals surface area contributed by atoms with Gasteiger partial charge >= 0.3 is 0 Å². The maximum Gasteiger partial charge on any atom is 0.0278 e. The number of rotatable bonds is 2. The molecular formula is C17H32N2. The fraction of sp³-hybridized carbons (Fsp3) is 1.00. The second kappa shape index (κ2) is 4.21. The summed E-state index contributed by atoms with van der Waals surface area (Å²) in [6.07, 6.45) is 5.63. The molecule has 1 heterocycles. The number of hydrogen-bond donors (Lipinski definition) is 1. The van der Waals surface area contributed by atoms with Crippen LogP contribution in [0.4, 0.5) is 0 Å². The summed E-state index contributed by atoms with van der Waals surface area (Å²) < 4.78 is 0. The van der Waals surface area contributed by atoms with Crippen LogP contribution in [0, 0.1) is 16.7 Å². The molecule has 1 aliphatic heterocycles. The normalized spacial score (nSPS) is 49.7. The third kappa shape index (κ3) is 1.98. The van der Waals surface area contributed by atoms with Crippen molar-refractivity contribution in [3.8, 4) is 0 Å². The van der Waals surface area contributed by atoms with Crippen molar-refractivity contribution < 1.29 is 0 Å². The first-order valence-corrected chi connectivity index (χ1v) is 8.30. The molecule has 4 unspecified atom stereocenters. The van der Waals surface area contributed by atoms with Crippen molar-refractivity contribution in [2.45, 2.75) is 71.9 Å². The summed E-state index contributed by atoms with van der Waals surface area (Å²) in [5, 5.41) is 3.74. The van der Waals surface area contributed by atoms with Gasteiger partial charge in [-0.05, 0) is 49.4 Å². The van der Waals surface area contributed by atoms with E-state index in [0.717, 1.165) is 18.5 Å². The van der Waals surface area contributed by atoms with Crippen LogP contribution in [0.15, 0.2) is 0 Å². The zero-order chi connectivity index (χ0) is 13.9. The van der Waals surface area contributed by atoms with Crippen molar-refractivity contribution in [2.24, 2.45) is 16.7 Å². The summed E-state index contributed by atoms with van der Waals surface area (Å²) in [5.41, 5.74) is 1.42. The predicted molar refractivity (Wildman–Crippen MR) is 81.3 cm³/mol. The van der Waals surface area contributed by atoms with Gasteiger partial charge in [0, 0.05) is 31.2 Å². The number of nitrogens with one attached hydrogen (secondary N) is 1. The van der Waals surface area contributed by atoms with Crippen LogP contribution >= 0.6 is 0 Å². The summed E-state index contributed by atoms with van der Waals surface area (Å²) >= 11 is 0. The lowest BCUT2D eigenvalue weighted by Gasteiger charge is -2.53. The predicted octanol–water partition coefficient (Wildman–Crippen LogP) is 3.28. The number of hydrogen-bond acceptors (Lipinski definition) is 2. The lowest BCUT2D eigenvalue weighted by Crippen LogP contribution is -2.64. The average molecular weight is 264 g/mol. The van der Waals surface area contributed by atoms with Gasteiger partial charge in [0.25, 0.3) is 0 Å². The third-order valence-electron chi connectivity index (χ3n) is 6.84. The molecule has 2 heteroatoms. The highest BCUT2D eigenvalue weighted by Gasteiger charge is 2.61. The third-order valence-corrected chi connectivity index (χ3v) is 6.84. The van der Waals surface area contributed by atoms with Gasteiger partial charge < -0.3 is 5.32 Å². The van der Waals surface area contributed by atoms with E-state index in [2.05, 4.69) is 44.8 Å². The van der Waals surface area contributed by atoms with Crippen LogP contribution in [-0.2, 0) is 0 Å². The van der Waals surface area contributed by atoms with Crippen LogP contribution in [0.5, 0.6) is 0 Å². The summed E-state index contributed by atoms with van der Waals surface area (Å²) in [4.78, 5) is 2.85. The number of piperazine rings is 1. The molecule has 0 aromatic rings. The minimum Gasteiger partial charge on any atom is -0.309 e. The first kappa shape index (κ1) is 13.9. The standard InChI is InChI=1S/C17H32N2/c1-6-17(5)12-19(10-9-18-17)14-15(2,3)13-7-8-16(14,4)11-13/h13-14,18H,6-12H2,1-5H3. The van der Waals surface area contributed by atoms with E-state index in [9.17, 15) is 0 Å². The van der Waals surface area contributed by atoms with Crippen molar-refractivity contribution in [3.63, 3.8) is 0 Å². The van der Waals surface area contributed by atoms with Gasteiger partial charge in [0.1, 0.15) is 0 Å². The Kier molecular flexibility index (Phi) is 3.07. The summed E-state index contributed by atoms with van der Waals surface area (Å²) in [7, 11) is 0. The monoisotopic (exact) mass is 264 g/mol. The first-order chi connectivity index (χ1) is 8.81. The van der Waals surface area contributed by atoms with E-state index in [1.807, 2.05) is 0 Å². The quantitative estimate of drug-likeness (QED) is 0.823. The largest absolute Gasteiger partial charge is 0.309 e. The zero-order valence-corrected chi connectivity index (χ0v) is 13.6. The molecule has 0 aromatic heterocycles. The second-order valence-electron chi connectivity index (χ2n) is 8.63. The van der Waals surface area contributed by atoms with Gasteiger partial charge in [0.15, 0.2) is 0 Å². The Morgan fingerprint density at radius 3 is 2.53 bits per heavy atom. The molecule has 0 aromatic carbocycles. The molecule has 1 saturated heterocycles. The molecule has 3 rings (SSSR count). The van der Waals surface area contributed by atoms with Gasteiger partial charge in [-0.3, -0.25) is 4.90 Å². The van der Waals surface area contributed by atoms with Crippen LogP contribution < -0.4 is 5.32 Å².